The van der Waals surface area contributed by atoms with Gasteiger partial charge in [0.05, 0.1) is 48.8 Å². The SMILES string of the molecule is COCC(O)CN1CCC(Nc2cccc3c2cc(C#CCNc2cc(F)c(C(N)=O)cc2OC)n3CC(F)(F)F)CC1. The Kier molecular flexibility index (Phi) is 10.4. The predicted octanol–water partition coefficient (Wildman–Crippen LogP) is 3.80. The van der Waals surface area contributed by atoms with Gasteiger partial charge in [0.2, 0.25) is 0 Å². The van der Waals surface area contributed by atoms with Gasteiger partial charge in [-0.25, -0.2) is 4.39 Å². The minimum absolute atomic E-state index is 0.0397. The molecular weight excluding hydrogens is 570 g/mol. The Hall–Kier alpha value is -3.99. The zero-order chi connectivity index (χ0) is 31.1. The first-order chi connectivity index (χ1) is 20.5. The number of nitrogens with one attached hydrogen (secondary N) is 2. The number of aliphatic hydroxyl groups excluding tert-OH is 1. The first kappa shape index (κ1) is 31.9. The van der Waals surface area contributed by atoms with Crippen molar-refractivity contribution in [1.29, 1.82) is 0 Å². The normalized spacial score (nSPS) is 15.1. The lowest BCUT2D eigenvalue weighted by molar-refractivity contribution is -0.140. The van der Waals surface area contributed by atoms with Crippen molar-refractivity contribution in [3.05, 3.63) is 53.5 Å². The Morgan fingerprint density at radius 1 is 1.19 bits per heavy atom. The predicted molar refractivity (Wildman–Crippen MR) is 156 cm³/mol. The van der Waals surface area contributed by atoms with E-state index >= 15 is 0 Å². The van der Waals surface area contributed by atoms with Gasteiger partial charge in [-0.3, -0.25) is 4.79 Å². The molecule has 43 heavy (non-hydrogen) atoms. The van der Waals surface area contributed by atoms with Crippen LogP contribution >= 0.6 is 0 Å². The second-order valence-electron chi connectivity index (χ2n) is 10.3. The Morgan fingerprint density at radius 2 is 1.93 bits per heavy atom. The summed E-state index contributed by atoms with van der Waals surface area (Å²) >= 11 is 0. The summed E-state index contributed by atoms with van der Waals surface area (Å²) in [5, 5.41) is 17.0. The number of nitrogens with zero attached hydrogens (tertiary/aromatic N) is 2. The smallest absolute Gasteiger partial charge is 0.406 e. The first-order valence-electron chi connectivity index (χ1n) is 13.7. The topological polar surface area (TPSA) is 114 Å². The number of nitrogens with two attached hydrogens (primary N) is 1. The number of aromatic nitrogens is 1. The molecule has 1 atom stereocenters. The summed E-state index contributed by atoms with van der Waals surface area (Å²) in [7, 11) is 2.89. The average molecular weight is 606 g/mol. The quantitative estimate of drug-likeness (QED) is 0.194. The van der Waals surface area contributed by atoms with Crippen LogP contribution in [0.15, 0.2) is 36.4 Å². The van der Waals surface area contributed by atoms with Crippen molar-refractivity contribution >= 4 is 28.2 Å². The number of carbonyl (C=O) groups is 1. The fourth-order valence-corrected chi connectivity index (χ4v) is 5.21. The number of alkyl halides is 3. The molecule has 9 nitrogen and oxygen atoms in total. The number of rotatable bonds is 11. The number of amides is 1. The van der Waals surface area contributed by atoms with E-state index in [0.717, 1.165) is 42.6 Å². The van der Waals surface area contributed by atoms with E-state index in [-0.39, 0.29) is 41.9 Å². The van der Waals surface area contributed by atoms with Gasteiger partial charge in [-0.05, 0) is 43.0 Å². The van der Waals surface area contributed by atoms with Gasteiger partial charge in [0.15, 0.2) is 0 Å². The summed E-state index contributed by atoms with van der Waals surface area (Å²) < 4.78 is 66.3. The number of primary amides is 1. The molecule has 1 amide bonds. The number of piperidine rings is 1. The Balaban J connectivity index is 1.52. The number of likely N-dealkylation sites (tertiary alicyclic amines) is 1. The minimum atomic E-state index is -4.47. The van der Waals surface area contributed by atoms with E-state index in [9.17, 15) is 27.5 Å². The summed E-state index contributed by atoms with van der Waals surface area (Å²) in [5.41, 5.74) is 6.34. The van der Waals surface area contributed by atoms with E-state index in [1.54, 1.807) is 25.3 Å². The molecule has 2 aromatic carbocycles. The highest BCUT2D eigenvalue weighted by Gasteiger charge is 2.30. The van der Waals surface area contributed by atoms with Crippen LogP contribution in [0.1, 0.15) is 28.9 Å². The second kappa shape index (κ2) is 14.0. The molecule has 4 rings (SSSR count). The van der Waals surface area contributed by atoms with Crippen LogP contribution < -0.4 is 21.1 Å². The van der Waals surface area contributed by atoms with Crippen molar-refractivity contribution < 1.29 is 36.9 Å². The number of ether oxygens (including phenoxy) is 2. The molecule has 5 N–H and O–H groups in total. The number of carbonyl (C=O) groups excluding carboxylic acids is 1. The molecule has 2 heterocycles. The molecule has 0 aliphatic carbocycles. The number of fused-ring (bicyclic) bond motifs is 1. The molecule has 1 unspecified atom stereocenters. The maximum absolute atomic E-state index is 14.3. The molecule has 3 aromatic rings. The van der Waals surface area contributed by atoms with E-state index < -0.39 is 30.5 Å². The van der Waals surface area contributed by atoms with Gasteiger partial charge in [0.25, 0.3) is 5.91 Å². The molecule has 1 aromatic heterocycles. The van der Waals surface area contributed by atoms with E-state index in [1.165, 1.54) is 7.11 Å². The van der Waals surface area contributed by atoms with E-state index in [1.807, 2.05) is 6.07 Å². The highest BCUT2D eigenvalue weighted by atomic mass is 19.4. The molecule has 1 saturated heterocycles. The first-order valence-corrected chi connectivity index (χ1v) is 13.7. The summed E-state index contributed by atoms with van der Waals surface area (Å²) in [5.74, 6) is 3.99. The van der Waals surface area contributed by atoms with E-state index in [4.69, 9.17) is 15.2 Å². The fourth-order valence-electron chi connectivity index (χ4n) is 5.21. The lowest BCUT2D eigenvalue weighted by Crippen LogP contribution is -2.43. The maximum atomic E-state index is 14.3. The highest BCUT2D eigenvalue weighted by molar-refractivity contribution is 5.95. The van der Waals surface area contributed by atoms with Crippen molar-refractivity contribution in [2.24, 2.45) is 5.73 Å². The van der Waals surface area contributed by atoms with Crippen LogP contribution in [-0.2, 0) is 11.3 Å². The summed E-state index contributed by atoms with van der Waals surface area (Å²) in [6.07, 6.45) is -3.42. The summed E-state index contributed by atoms with van der Waals surface area (Å²) in [6.45, 7) is 1.08. The largest absolute Gasteiger partial charge is 0.495 e. The van der Waals surface area contributed by atoms with Crippen molar-refractivity contribution in [2.45, 2.75) is 37.7 Å². The molecule has 1 aliphatic heterocycles. The molecular formula is C30H35F4N5O4. The van der Waals surface area contributed by atoms with Gasteiger partial charge in [-0.1, -0.05) is 12.0 Å². The Morgan fingerprint density at radius 3 is 2.58 bits per heavy atom. The van der Waals surface area contributed by atoms with Crippen molar-refractivity contribution in [3.8, 4) is 17.6 Å². The van der Waals surface area contributed by atoms with Gasteiger partial charge in [0.1, 0.15) is 18.1 Å². The standard InChI is InChI=1S/C30H35F4N5O4/c1-42-17-21(40)16-38-11-8-19(9-12-38)37-25-6-3-7-27-23(25)13-20(39(27)18-30(32,33)34)5-4-10-36-26-15-24(31)22(29(35)41)14-28(26)43-2/h3,6-7,13-15,19,21,36-37,40H,8-12,16-18H2,1-2H3,(H2,35,41). The van der Waals surface area contributed by atoms with Crippen molar-refractivity contribution in [1.82, 2.24) is 9.47 Å². The van der Waals surface area contributed by atoms with Crippen LogP contribution in [0.4, 0.5) is 28.9 Å². The van der Waals surface area contributed by atoms with Crippen molar-refractivity contribution in [2.75, 3.05) is 57.6 Å². The maximum Gasteiger partial charge on any atom is 0.406 e. The number of anilines is 2. The average Bonchev–Trinajstić information content (AvgIpc) is 3.28. The number of aliphatic hydroxyl groups is 1. The molecule has 1 fully saturated rings. The highest BCUT2D eigenvalue weighted by Crippen LogP contribution is 2.32. The van der Waals surface area contributed by atoms with Crippen LogP contribution in [0.25, 0.3) is 10.9 Å². The van der Waals surface area contributed by atoms with Gasteiger partial charge >= 0.3 is 6.18 Å². The molecule has 1 aliphatic rings. The molecule has 0 bridgehead atoms. The van der Waals surface area contributed by atoms with Crippen molar-refractivity contribution in [3.63, 3.8) is 0 Å². The number of hydrogen-bond acceptors (Lipinski definition) is 7. The Labute approximate surface area is 246 Å². The molecule has 0 radical (unpaired) electrons. The van der Waals surface area contributed by atoms with E-state index in [0.29, 0.717) is 23.1 Å². The zero-order valence-electron chi connectivity index (χ0n) is 23.9. The van der Waals surface area contributed by atoms with Gasteiger partial charge in [-0.15, -0.1) is 0 Å². The van der Waals surface area contributed by atoms with Crippen LogP contribution in [0.5, 0.6) is 5.75 Å². The number of hydrogen-bond donors (Lipinski definition) is 4. The van der Waals surface area contributed by atoms with Crippen LogP contribution in [0.3, 0.4) is 0 Å². The van der Waals surface area contributed by atoms with Gasteiger partial charge < -0.3 is 40.4 Å². The monoisotopic (exact) mass is 605 g/mol. The number of methoxy groups -OCH3 is 2. The number of β-amino-alcohol motifs (C(OH)–C–C–N with tert-alkyl or cyclic N) is 1. The van der Waals surface area contributed by atoms with Crippen LogP contribution in [0, 0.1) is 17.7 Å². The third kappa shape index (κ3) is 8.31. The lowest BCUT2D eigenvalue weighted by Gasteiger charge is -2.34. The number of halogens is 4. The lowest BCUT2D eigenvalue weighted by atomic mass is 10.0. The van der Waals surface area contributed by atoms with E-state index in [2.05, 4.69) is 27.4 Å². The summed E-state index contributed by atoms with van der Waals surface area (Å²) in [6, 6.07) is 9.14. The molecule has 0 saturated carbocycles. The van der Waals surface area contributed by atoms with Crippen LogP contribution in [-0.4, -0.2) is 85.8 Å². The molecule has 0 spiro atoms. The fraction of sp³-hybridized carbons (Fsp3) is 0.433. The number of benzene rings is 2. The minimum Gasteiger partial charge on any atom is -0.495 e. The molecule has 13 heteroatoms. The third-order valence-electron chi connectivity index (χ3n) is 7.20. The third-order valence-corrected chi connectivity index (χ3v) is 7.20. The molecule has 232 valence electrons. The zero-order valence-corrected chi connectivity index (χ0v) is 23.9. The van der Waals surface area contributed by atoms with Crippen LogP contribution in [0.2, 0.25) is 0 Å². The Bertz CT molecular complexity index is 1490. The summed E-state index contributed by atoms with van der Waals surface area (Å²) in [4.78, 5) is 13.6. The van der Waals surface area contributed by atoms with Gasteiger partial charge in [0, 0.05) is 49.9 Å². The second-order valence-corrected chi connectivity index (χ2v) is 10.3. The van der Waals surface area contributed by atoms with Gasteiger partial charge in [-0.2, -0.15) is 13.2 Å².